The van der Waals surface area contributed by atoms with Crippen LogP contribution in [-0.4, -0.2) is 12.6 Å². The lowest BCUT2D eigenvalue weighted by molar-refractivity contribution is 0.504. The van der Waals surface area contributed by atoms with Crippen LogP contribution in [0.5, 0.6) is 0 Å². The number of thiophene rings is 1. The van der Waals surface area contributed by atoms with Crippen molar-refractivity contribution in [3.8, 4) is 0 Å². The first-order valence-electron chi connectivity index (χ1n) is 6.88. The van der Waals surface area contributed by atoms with Gasteiger partial charge >= 0.3 is 0 Å². The van der Waals surface area contributed by atoms with Gasteiger partial charge in [0.15, 0.2) is 0 Å². The van der Waals surface area contributed by atoms with E-state index in [-0.39, 0.29) is 16.9 Å². The molecule has 0 radical (unpaired) electrons. The molecular formula is C16H19ClFNS. The molecule has 1 unspecified atom stereocenters. The zero-order valence-electron chi connectivity index (χ0n) is 11.5. The summed E-state index contributed by atoms with van der Waals surface area (Å²) in [7, 11) is 0. The molecule has 1 aromatic carbocycles. The van der Waals surface area contributed by atoms with Gasteiger partial charge in [0.05, 0.1) is 5.02 Å². The normalized spacial score (nSPS) is 12.6. The van der Waals surface area contributed by atoms with Crippen molar-refractivity contribution >= 4 is 22.9 Å². The molecule has 1 atom stereocenters. The molecule has 0 amide bonds. The highest BCUT2D eigenvalue weighted by Crippen LogP contribution is 2.22. The van der Waals surface area contributed by atoms with Gasteiger partial charge in [-0.1, -0.05) is 30.7 Å². The fraction of sp³-hybridized carbons (Fsp3) is 0.375. The summed E-state index contributed by atoms with van der Waals surface area (Å²) in [5.41, 5.74) is 2.19. The maximum Gasteiger partial charge on any atom is 0.142 e. The zero-order chi connectivity index (χ0) is 14.4. The lowest BCUT2D eigenvalue weighted by Crippen LogP contribution is -2.33. The highest BCUT2D eigenvalue weighted by atomic mass is 35.5. The van der Waals surface area contributed by atoms with Crippen LogP contribution in [0.3, 0.4) is 0 Å². The standard InChI is InChI=1S/C16H19ClFNS/c1-2-7-19-14(9-12-6-8-20-11-12)10-13-4-3-5-15(18)16(13)17/h3-6,8,11,14,19H,2,7,9-10H2,1H3. The number of benzene rings is 1. The molecule has 2 rings (SSSR count). The first-order chi connectivity index (χ1) is 9.70. The van der Waals surface area contributed by atoms with Crippen LogP contribution in [0.4, 0.5) is 4.39 Å². The maximum atomic E-state index is 13.5. The molecule has 1 aromatic heterocycles. The molecule has 1 heterocycles. The van der Waals surface area contributed by atoms with Gasteiger partial charge in [-0.3, -0.25) is 0 Å². The number of hydrogen-bond acceptors (Lipinski definition) is 2. The monoisotopic (exact) mass is 311 g/mol. The third kappa shape index (κ3) is 4.30. The summed E-state index contributed by atoms with van der Waals surface area (Å²) in [6.07, 6.45) is 2.76. The summed E-state index contributed by atoms with van der Waals surface area (Å²) in [6.45, 7) is 3.10. The number of halogens is 2. The second-order valence-electron chi connectivity index (χ2n) is 4.90. The van der Waals surface area contributed by atoms with Gasteiger partial charge in [-0.25, -0.2) is 4.39 Å². The Morgan fingerprint density at radius 1 is 1.30 bits per heavy atom. The summed E-state index contributed by atoms with van der Waals surface area (Å²) in [4.78, 5) is 0. The van der Waals surface area contributed by atoms with Crippen molar-refractivity contribution in [1.82, 2.24) is 5.32 Å². The molecule has 20 heavy (non-hydrogen) atoms. The van der Waals surface area contributed by atoms with Crippen molar-refractivity contribution in [2.24, 2.45) is 0 Å². The Kier molecular flexibility index (Phi) is 6.02. The van der Waals surface area contributed by atoms with Crippen LogP contribution in [0.1, 0.15) is 24.5 Å². The maximum absolute atomic E-state index is 13.5. The van der Waals surface area contributed by atoms with E-state index in [1.54, 1.807) is 17.4 Å². The van der Waals surface area contributed by atoms with E-state index < -0.39 is 0 Å². The molecule has 0 aliphatic carbocycles. The van der Waals surface area contributed by atoms with Gasteiger partial charge in [0, 0.05) is 6.04 Å². The minimum atomic E-state index is -0.339. The van der Waals surface area contributed by atoms with Crippen molar-refractivity contribution < 1.29 is 4.39 Å². The van der Waals surface area contributed by atoms with E-state index in [4.69, 9.17) is 11.6 Å². The highest BCUT2D eigenvalue weighted by molar-refractivity contribution is 7.07. The van der Waals surface area contributed by atoms with Gasteiger partial charge in [0.1, 0.15) is 5.82 Å². The topological polar surface area (TPSA) is 12.0 Å². The lowest BCUT2D eigenvalue weighted by Gasteiger charge is -2.19. The van der Waals surface area contributed by atoms with Crippen LogP contribution in [-0.2, 0) is 12.8 Å². The molecule has 0 spiro atoms. The minimum absolute atomic E-state index is 0.251. The molecule has 4 heteroatoms. The molecule has 108 valence electrons. The van der Waals surface area contributed by atoms with Crippen molar-refractivity contribution in [3.63, 3.8) is 0 Å². The minimum Gasteiger partial charge on any atom is -0.313 e. The number of rotatable bonds is 7. The Bertz CT molecular complexity index is 527. The largest absolute Gasteiger partial charge is 0.313 e. The molecule has 1 nitrogen and oxygen atoms in total. The van der Waals surface area contributed by atoms with E-state index in [9.17, 15) is 4.39 Å². The van der Waals surface area contributed by atoms with Gasteiger partial charge in [0.25, 0.3) is 0 Å². The van der Waals surface area contributed by atoms with Crippen LogP contribution < -0.4 is 5.32 Å². The van der Waals surface area contributed by atoms with Gasteiger partial charge in [-0.2, -0.15) is 11.3 Å². The van der Waals surface area contributed by atoms with E-state index in [1.807, 2.05) is 6.07 Å². The summed E-state index contributed by atoms with van der Waals surface area (Å²) in [5, 5.41) is 8.02. The molecule has 0 aliphatic heterocycles. The fourth-order valence-corrected chi connectivity index (χ4v) is 3.11. The van der Waals surface area contributed by atoms with Gasteiger partial charge in [-0.05, 0) is 59.8 Å². The van der Waals surface area contributed by atoms with Gasteiger partial charge in [-0.15, -0.1) is 0 Å². The molecule has 2 aromatic rings. The zero-order valence-corrected chi connectivity index (χ0v) is 13.1. The summed E-state index contributed by atoms with van der Waals surface area (Å²) >= 11 is 7.76. The molecule has 0 bridgehead atoms. The first kappa shape index (κ1) is 15.5. The smallest absolute Gasteiger partial charge is 0.142 e. The number of hydrogen-bond donors (Lipinski definition) is 1. The third-order valence-corrected chi connectivity index (χ3v) is 4.40. The molecule has 0 saturated heterocycles. The Morgan fingerprint density at radius 3 is 2.85 bits per heavy atom. The highest BCUT2D eigenvalue weighted by Gasteiger charge is 2.14. The molecule has 0 aliphatic rings. The number of nitrogens with one attached hydrogen (secondary N) is 1. The average Bonchev–Trinajstić information content (AvgIpc) is 2.94. The van der Waals surface area contributed by atoms with E-state index >= 15 is 0 Å². The van der Waals surface area contributed by atoms with Crippen molar-refractivity contribution in [2.45, 2.75) is 32.2 Å². The van der Waals surface area contributed by atoms with E-state index in [2.05, 4.69) is 29.1 Å². The Hall–Kier alpha value is -0.900. The Balaban J connectivity index is 2.08. The summed E-state index contributed by atoms with van der Waals surface area (Å²) < 4.78 is 13.5. The molecule has 0 fully saturated rings. The van der Waals surface area contributed by atoms with Crippen LogP contribution in [0.25, 0.3) is 0 Å². The second kappa shape index (κ2) is 7.77. The predicted octanol–water partition coefficient (Wildman–Crippen LogP) is 4.69. The second-order valence-corrected chi connectivity index (χ2v) is 6.06. The molecular weight excluding hydrogens is 293 g/mol. The van der Waals surface area contributed by atoms with Gasteiger partial charge in [0.2, 0.25) is 0 Å². The Morgan fingerprint density at radius 2 is 2.15 bits per heavy atom. The quantitative estimate of drug-likeness (QED) is 0.782. The van der Waals surface area contributed by atoms with Crippen molar-refractivity contribution in [1.29, 1.82) is 0 Å². The van der Waals surface area contributed by atoms with Crippen LogP contribution in [0.2, 0.25) is 5.02 Å². The summed E-state index contributed by atoms with van der Waals surface area (Å²) in [6, 6.07) is 7.44. The van der Waals surface area contributed by atoms with Crippen molar-refractivity contribution in [3.05, 3.63) is 57.0 Å². The van der Waals surface area contributed by atoms with E-state index in [0.29, 0.717) is 0 Å². The summed E-state index contributed by atoms with van der Waals surface area (Å²) in [5.74, 6) is -0.339. The van der Waals surface area contributed by atoms with Crippen LogP contribution >= 0.6 is 22.9 Å². The van der Waals surface area contributed by atoms with Crippen molar-refractivity contribution in [2.75, 3.05) is 6.54 Å². The average molecular weight is 312 g/mol. The van der Waals surface area contributed by atoms with E-state index in [1.165, 1.54) is 11.6 Å². The lowest BCUT2D eigenvalue weighted by atomic mass is 10.00. The fourth-order valence-electron chi connectivity index (χ4n) is 2.23. The van der Waals surface area contributed by atoms with Gasteiger partial charge < -0.3 is 5.32 Å². The third-order valence-electron chi connectivity index (χ3n) is 3.24. The first-order valence-corrected chi connectivity index (χ1v) is 8.20. The molecule has 0 saturated carbocycles. The predicted molar refractivity (Wildman–Crippen MR) is 85.2 cm³/mol. The molecule has 1 N–H and O–H groups in total. The van der Waals surface area contributed by atoms with E-state index in [0.717, 1.165) is 31.4 Å². The Labute approximate surface area is 128 Å². The van der Waals surface area contributed by atoms with Crippen LogP contribution in [0, 0.1) is 5.82 Å². The van der Waals surface area contributed by atoms with Crippen LogP contribution in [0.15, 0.2) is 35.0 Å². The SMILES string of the molecule is CCCNC(Cc1ccsc1)Cc1cccc(F)c1Cl.